The molecule has 1 heterocycles. The van der Waals surface area contributed by atoms with Crippen molar-refractivity contribution in [3.05, 3.63) is 29.8 Å². The summed E-state index contributed by atoms with van der Waals surface area (Å²) >= 11 is 0. The van der Waals surface area contributed by atoms with Crippen molar-refractivity contribution in [2.24, 2.45) is 0 Å². The van der Waals surface area contributed by atoms with Crippen LogP contribution in [-0.2, 0) is 20.5 Å². The first-order valence-corrected chi connectivity index (χ1v) is 8.00. The fourth-order valence-electron chi connectivity index (χ4n) is 2.16. The molecule has 106 valence electrons. The van der Waals surface area contributed by atoms with E-state index in [1.807, 2.05) is 6.92 Å². The number of nitrogens with two attached hydrogens (primary N) is 1. The first kappa shape index (κ1) is 14.3. The van der Waals surface area contributed by atoms with Gasteiger partial charge in [-0.25, -0.2) is 13.1 Å². The van der Waals surface area contributed by atoms with Gasteiger partial charge in [-0.15, -0.1) is 0 Å². The van der Waals surface area contributed by atoms with Crippen LogP contribution in [0.3, 0.4) is 0 Å². The average molecular weight is 284 g/mol. The minimum absolute atomic E-state index is 0.101. The van der Waals surface area contributed by atoms with Gasteiger partial charge in [-0.3, -0.25) is 0 Å². The van der Waals surface area contributed by atoms with Crippen molar-refractivity contribution < 1.29 is 13.2 Å². The van der Waals surface area contributed by atoms with Gasteiger partial charge in [0.05, 0.1) is 11.4 Å². The van der Waals surface area contributed by atoms with Gasteiger partial charge in [0.2, 0.25) is 10.0 Å². The van der Waals surface area contributed by atoms with E-state index in [-0.39, 0.29) is 11.4 Å². The second kappa shape index (κ2) is 5.48. The number of rotatable bonds is 5. The Kier molecular flexibility index (Phi) is 4.13. The Labute approximate surface area is 114 Å². The fourth-order valence-corrected chi connectivity index (χ4v) is 3.46. The van der Waals surface area contributed by atoms with Gasteiger partial charge in [0.25, 0.3) is 0 Å². The third kappa shape index (κ3) is 3.92. The van der Waals surface area contributed by atoms with E-state index in [0.29, 0.717) is 24.4 Å². The van der Waals surface area contributed by atoms with Gasteiger partial charge < -0.3 is 10.5 Å². The van der Waals surface area contributed by atoms with Gasteiger partial charge in [-0.1, -0.05) is 18.2 Å². The van der Waals surface area contributed by atoms with Crippen LogP contribution in [0.2, 0.25) is 0 Å². The summed E-state index contributed by atoms with van der Waals surface area (Å²) < 4.78 is 32.2. The average Bonchev–Trinajstić information content (AvgIpc) is 2.78. The molecule has 1 aliphatic heterocycles. The molecule has 6 heteroatoms. The van der Waals surface area contributed by atoms with E-state index >= 15 is 0 Å². The molecule has 1 atom stereocenters. The molecule has 5 nitrogen and oxygen atoms in total. The van der Waals surface area contributed by atoms with Crippen LogP contribution in [0, 0.1) is 0 Å². The molecule has 0 spiro atoms. The van der Waals surface area contributed by atoms with E-state index in [0.717, 1.165) is 12.8 Å². The van der Waals surface area contributed by atoms with Gasteiger partial charge in [0.15, 0.2) is 0 Å². The topological polar surface area (TPSA) is 81.4 Å². The summed E-state index contributed by atoms with van der Waals surface area (Å²) in [5.74, 6) is -0.101. The summed E-state index contributed by atoms with van der Waals surface area (Å²) in [6.07, 6.45) is 1.85. The number of nitrogens with one attached hydrogen (secondary N) is 1. The number of hydrogen-bond acceptors (Lipinski definition) is 4. The van der Waals surface area contributed by atoms with Gasteiger partial charge in [0.1, 0.15) is 0 Å². The summed E-state index contributed by atoms with van der Waals surface area (Å²) in [7, 11) is -3.39. The highest BCUT2D eigenvalue weighted by molar-refractivity contribution is 7.88. The standard InChI is InChI=1S/C13H20N2O3S/c1-13(7-4-8-18-13)10-15-19(16,17)9-11-5-2-3-6-12(11)14/h2-3,5-6,15H,4,7-10,14H2,1H3. The predicted octanol–water partition coefficient (Wildman–Crippen LogP) is 1.26. The number of anilines is 1. The normalized spacial score (nSPS) is 23.6. The third-order valence-electron chi connectivity index (χ3n) is 3.37. The molecule has 0 aliphatic carbocycles. The third-order valence-corrected chi connectivity index (χ3v) is 4.64. The molecule has 1 aliphatic rings. The number of benzene rings is 1. The van der Waals surface area contributed by atoms with Crippen molar-refractivity contribution in [3.8, 4) is 0 Å². The zero-order valence-corrected chi connectivity index (χ0v) is 11.9. The molecule has 1 unspecified atom stereocenters. The van der Waals surface area contributed by atoms with Crippen LogP contribution in [0.25, 0.3) is 0 Å². The lowest BCUT2D eigenvalue weighted by Gasteiger charge is -2.23. The maximum Gasteiger partial charge on any atom is 0.215 e. The fraction of sp³-hybridized carbons (Fsp3) is 0.538. The second-order valence-electron chi connectivity index (χ2n) is 5.18. The number of para-hydroxylation sites is 1. The molecule has 0 saturated carbocycles. The highest BCUT2D eigenvalue weighted by Gasteiger charge is 2.31. The zero-order valence-electron chi connectivity index (χ0n) is 11.1. The van der Waals surface area contributed by atoms with Crippen LogP contribution in [0.15, 0.2) is 24.3 Å². The van der Waals surface area contributed by atoms with E-state index in [4.69, 9.17) is 10.5 Å². The Morgan fingerprint density at radius 1 is 1.42 bits per heavy atom. The quantitative estimate of drug-likeness (QED) is 0.798. The lowest BCUT2D eigenvalue weighted by atomic mass is 10.0. The Morgan fingerprint density at radius 2 is 2.16 bits per heavy atom. The predicted molar refractivity (Wildman–Crippen MR) is 75.1 cm³/mol. The number of sulfonamides is 1. The van der Waals surface area contributed by atoms with E-state index in [1.54, 1.807) is 24.3 Å². The molecule has 0 aromatic heterocycles. The molecule has 1 saturated heterocycles. The van der Waals surface area contributed by atoms with Crippen LogP contribution in [0.5, 0.6) is 0 Å². The van der Waals surface area contributed by atoms with Crippen molar-refractivity contribution in [1.82, 2.24) is 4.72 Å². The summed E-state index contributed by atoms with van der Waals surface area (Å²) in [6, 6.07) is 6.99. The Bertz CT molecular complexity index is 537. The van der Waals surface area contributed by atoms with E-state index < -0.39 is 10.0 Å². The van der Waals surface area contributed by atoms with Gasteiger partial charge >= 0.3 is 0 Å². The van der Waals surface area contributed by atoms with Crippen molar-refractivity contribution in [2.75, 3.05) is 18.9 Å². The van der Waals surface area contributed by atoms with Gasteiger partial charge in [0, 0.05) is 18.8 Å². The molecule has 19 heavy (non-hydrogen) atoms. The minimum atomic E-state index is -3.39. The first-order chi connectivity index (χ1) is 8.90. The molecule has 0 radical (unpaired) electrons. The zero-order chi connectivity index (χ0) is 13.9. The number of nitrogen functional groups attached to an aromatic ring is 1. The lowest BCUT2D eigenvalue weighted by Crippen LogP contribution is -2.40. The van der Waals surface area contributed by atoms with Crippen LogP contribution >= 0.6 is 0 Å². The Hall–Kier alpha value is -1.11. The molecule has 2 rings (SSSR count). The minimum Gasteiger partial charge on any atom is -0.398 e. The summed E-state index contributed by atoms with van der Waals surface area (Å²) in [5.41, 5.74) is 6.49. The summed E-state index contributed by atoms with van der Waals surface area (Å²) in [6.45, 7) is 2.94. The van der Waals surface area contributed by atoms with Crippen molar-refractivity contribution in [1.29, 1.82) is 0 Å². The van der Waals surface area contributed by atoms with Crippen LogP contribution in [-0.4, -0.2) is 27.2 Å². The maximum atomic E-state index is 12.0. The van der Waals surface area contributed by atoms with E-state index in [2.05, 4.69) is 4.72 Å². The molecule has 0 bridgehead atoms. The molecule has 3 N–H and O–H groups in total. The molecular formula is C13H20N2O3S. The summed E-state index contributed by atoms with van der Waals surface area (Å²) in [5, 5.41) is 0. The van der Waals surface area contributed by atoms with Crippen molar-refractivity contribution >= 4 is 15.7 Å². The monoisotopic (exact) mass is 284 g/mol. The van der Waals surface area contributed by atoms with Gasteiger partial charge in [-0.2, -0.15) is 0 Å². The molecular weight excluding hydrogens is 264 g/mol. The Morgan fingerprint density at radius 3 is 2.79 bits per heavy atom. The van der Waals surface area contributed by atoms with E-state index in [1.165, 1.54) is 0 Å². The smallest absolute Gasteiger partial charge is 0.215 e. The first-order valence-electron chi connectivity index (χ1n) is 6.35. The van der Waals surface area contributed by atoms with Gasteiger partial charge in [-0.05, 0) is 31.4 Å². The molecule has 0 amide bonds. The highest BCUT2D eigenvalue weighted by atomic mass is 32.2. The SMILES string of the molecule is CC1(CNS(=O)(=O)Cc2ccccc2N)CCCO1. The van der Waals surface area contributed by atoms with E-state index in [9.17, 15) is 8.42 Å². The number of hydrogen-bond donors (Lipinski definition) is 2. The highest BCUT2D eigenvalue weighted by Crippen LogP contribution is 2.24. The maximum absolute atomic E-state index is 12.0. The van der Waals surface area contributed by atoms with Crippen LogP contribution in [0.4, 0.5) is 5.69 Å². The molecule has 1 aromatic rings. The molecule has 1 aromatic carbocycles. The molecule has 1 fully saturated rings. The van der Waals surface area contributed by atoms with Crippen molar-refractivity contribution in [2.45, 2.75) is 31.1 Å². The largest absolute Gasteiger partial charge is 0.398 e. The van der Waals surface area contributed by atoms with Crippen LogP contribution in [0.1, 0.15) is 25.3 Å². The Balaban J connectivity index is 1.97. The lowest BCUT2D eigenvalue weighted by molar-refractivity contribution is 0.0250. The van der Waals surface area contributed by atoms with Crippen LogP contribution < -0.4 is 10.5 Å². The number of ether oxygens (including phenoxy) is 1. The summed E-state index contributed by atoms with van der Waals surface area (Å²) in [4.78, 5) is 0. The second-order valence-corrected chi connectivity index (χ2v) is 6.99. The van der Waals surface area contributed by atoms with Crippen molar-refractivity contribution in [3.63, 3.8) is 0 Å².